The van der Waals surface area contributed by atoms with Crippen molar-refractivity contribution in [2.45, 2.75) is 19.9 Å². The van der Waals surface area contributed by atoms with E-state index in [9.17, 15) is 10.1 Å². The van der Waals surface area contributed by atoms with Crippen LogP contribution in [0.4, 0.5) is 17.5 Å². The SMILES string of the molecule is CC(C)[C@@H](CO)Nc1ncc([N+](=O)[O-])c(N)n1. The average molecular weight is 241 g/mol. The number of hydrogen-bond donors (Lipinski definition) is 3. The van der Waals surface area contributed by atoms with Crippen LogP contribution in [0.2, 0.25) is 0 Å². The molecule has 8 nitrogen and oxygen atoms in total. The maximum absolute atomic E-state index is 10.5. The Labute approximate surface area is 98.0 Å². The summed E-state index contributed by atoms with van der Waals surface area (Å²) in [7, 11) is 0. The highest BCUT2D eigenvalue weighted by atomic mass is 16.6. The Morgan fingerprint density at radius 3 is 2.71 bits per heavy atom. The van der Waals surface area contributed by atoms with Crippen molar-refractivity contribution < 1.29 is 10.0 Å². The maximum Gasteiger partial charge on any atom is 0.329 e. The van der Waals surface area contributed by atoms with Gasteiger partial charge in [0, 0.05) is 0 Å². The van der Waals surface area contributed by atoms with E-state index in [1.165, 1.54) is 0 Å². The van der Waals surface area contributed by atoms with Crippen molar-refractivity contribution in [1.29, 1.82) is 0 Å². The van der Waals surface area contributed by atoms with Gasteiger partial charge in [-0.2, -0.15) is 4.98 Å². The van der Waals surface area contributed by atoms with Gasteiger partial charge in [0.1, 0.15) is 6.20 Å². The Bertz CT molecular complexity index is 410. The summed E-state index contributed by atoms with van der Waals surface area (Å²) in [6.07, 6.45) is 1.04. The van der Waals surface area contributed by atoms with E-state index in [2.05, 4.69) is 15.3 Å². The Kier molecular flexibility index (Phi) is 4.16. The number of hydrogen-bond acceptors (Lipinski definition) is 7. The first-order chi connectivity index (χ1) is 7.95. The van der Waals surface area contributed by atoms with Crippen LogP contribution < -0.4 is 11.1 Å². The Morgan fingerprint density at radius 2 is 2.29 bits per heavy atom. The minimum Gasteiger partial charge on any atom is -0.394 e. The third kappa shape index (κ3) is 3.25. The highest BCUT2D eigenvalue weighted by Crippen LogP contribution is 2.19. The van der Waals surface area contributed by atoms with Crippen molar-refractivity contribution in [3.05, 3.63) is 16.3 Å². The van der Waals surface area contributed by atoms with Crippen molar-refractivity contribution in [2.75, 3.05) is 17.7 Å². The van der Waals surface area contributed by atoms with Gasteiger partial charge in [-0.05, 0) is 5.92 Å². The van der Waals surface area contributed by atoms with Crippen molar-refractivity contribution in [3.63, 3.8) is 0 Å². The van der Waals surface area contributed by atoms with E-state index in [0.29, 0.717) is 0 Å². The highest BCUT2D eigenvalue weighted by Gasteiger charge is 2.17. The summed E-state index contributed by atoms with van der Waals surface area (Å²) in [5.41, 5.74) is 5.09. The topological polar surface area (TPSA) is 127 Å². The lowest BCUT2D eigenvalue weighted by Gasteiger charge is -2.19. The number of nitrogens with two attached hydrogens (primary N) is 1. The molecule has 0 spiro atoms. The van der Waals surface area contributed by atoms with Crippen LogP contribution in [0.25, 0.3) is 0 Å². The maximum atomic E-state index is 10.5. The normalized spacial score (nSPS) is 12.5. The Morgan fingerprint density at radius 1 is 1.65 bits per heavy atom. The van der Waals surface area contributed by atoms with Gasteiger partial charge in [-0.15, -0.1) is 0 Å². The van der Waals surface area contributed by atoms with Crippen LogP contribution in [0.1, 0.15) is 13.8 Å². The van der Waals surface area contributed by atoms with Crippen LogP contribution in [-0.2, 0) is 0 Å². The molecule has 1 aromatic heterocycles. The fourth-order valence-electron chi connectivity index (χ4n) is 1.19. The van der Waals surface area contributed by atoms with Gasteiger partial charge in [0.2, 0.25) is 11.8 Å². The smallest absolute Gasteiger partial charge is 0.329 e. The molecule has 0 aliphatic carbocycles. The molecule has 0 radical (unpaired) electrons. The molecule has 1 rings (SSSR count). The van der Waals surface area contributed by atoms with E-state index in [0.717, 1.165) is 6.20 Å². The third-order valence-electron chi connectivity index (χ3n) is 2.31. The highest BCUT2D eigenvalue weighted by molar-refractivity contribution is 5.53. The molecule has 8 heteroatoms. The van der Waals surface area contributed by atoms with Gasteiger partial charge in [-0.3, -0.25) is 10.1 Å². The molecular formula is C9H15N5O3. The number of nitro groups is 1. The zero-order valence-electron chi connectivity index (χ0n) is 9.62. The van der Waals surface area contributed by atoms with E-state index < -0.39 is 4.92 Å². The molecule has 0 aliphatic rings. The molecule has 0 saturated carbocycles. The molecule has 0 bridgehead atoms. The molecule has 94 valence electrons. The second-order valence-electron chi connectivity index (χ2n) is 3.90. The number of aliphatic hydroxyl groups excluding tert-OH is 1. The van der Waals surface area contributed by atoms with Crippen molar-refractivity contribution in [2.24, 2.45) is 5.92 Å². The van der Waals surface area contributed by atoms with Gasteiger partial charge in [0.25, 0.3) is 0 Å². The zero-order chi connectivity index (χ0) is 13.0. The van der Waals surface area contributed by atoms with Gasteiger partial charge >= 0.3 is 5.69 Å². The number of aliphatic hydroxyl groups is 1. The summed E-state index contributed by atoms with van der Waals surface area (Å²) in [6.45, 7) is 3.75. The summed E-state index contributed by atoms with van der Waals surface area (Å²) in [5, 5.41) is 22.5. The van der Waals surface area contributed by atoms with Gasteiger partial charge in [0.05, 0.1) is 17.6 Å². The van der Waals surface area contributed by atoms with Gasteiger partial charge < -0.3 is 16.2 Å². The molecule has 0 fully saturated rings. The fourth-order valence-corrected chi connectivity index (χ4v) is 1.19. The van der Waals surface area contributed by atoms with Gasteiger partial charge in [-0.1, -0.05) is 13.8 Å². The predicted molar refractivity (Wildman–Crippen MR) is 62.4 cm³/mol. The van der Waals surface area contributed by atoms with Crippen LogP contribution >= 0.6 is 0 Å². The molecule has 0 aliphatic heterocycles. The summed E-state index contributed by atoms with van der Waals surface area (Å²) in [6, 6.07) is -0.226. The van der Waals surface area contributed by atoms with E-state index in [1.807, 2.05) is 13.8 Å². The number of aromatic nitrogens is 2. The second-order valence-corrected chi connectivity index (χ2v) is 3.90. The minimum absolute atomic E-state index is 0.0854. The number of nitrogens with zero attached hydrogens (tertiary/aromatic N) is 3. The first-order valence-corrected chi connectivity index (χ1v) is 5.10. The fraction of sp³-hybridized carbons (Fsp3) is 0.556. The number of anilines is 2. The first kappa shape index (κ1) is 13.1. The quantitative estimate of drug-likeness (QED) is 0.502. The van der Waals surface area contributed by atoms with Crippen LogP contribution in [0.3, 0.4) is 0 Å². The summed E-state index contributed by atoms with van der Waals surface area (Å²) in [5.74, 6) is 0.133. The zero-order valence-corrected chi connectivity index (χ0v) is 9.62. The molecular weight excluding hydrogens is 226 g/mol. The molecule has 0 saturated heterocycles. The van der Waals surface area contributed by atoms with Crippen molar-refractivity contribution >= 4 is 17.5 Å². The molecule has 1 heterocycles. The molecule has 17 heavy (non-hydrogen) atoms. The molecule has 1 atom stereocenters. The first-order valence-electron chi connectivity index (χ1n) is 5.10. The number of nitrogens with one attached hydrogen (secondary N) is 1. The van der Waals surface area contributed by atoms with Crippen LogP contribution in [-0.4, -0.2) is 32.6 Å². The predicted octanol–water partition coefficient (Wildman–Crippen LogP) is 0.396. The van der Waals surface area contributed by atoms with E-state index >= 15 is 0 Å². The third-order valence-corrected chi connectivity index (χ3v) is 2.31. The van der Waals surface area contributed by atoms with Crippen LogP contribution in [0.15, 0.2) is 6.20 Å². The van der Waals surface area contributed by atoms with Gasteiger partial charge in [0.15, 0.2) is 0 Å². The lowest BCUT2D eigenvalue weighted by Crippen LogP contribution is -2.30. The molecule has 4 N–H and O–H groups in total. The van der Waals surface area contributed by atoms with E-state index in [4.69, 9.17) is 10.8 Å². The summed E-state index contributed by atoms with van der Waals surface area (Å²) < 4.78 is 0. The van der Waals surface area contributed by atoms with Crippen LogP contribution in [0.5, 0.6) is 0 Å². The minimum atomic E-state index is -0.648. The second kappa shape index (κ2) is 5.39. The van der Waals surface area contributed by atoms with Crippen LogP contribution in [0, 0.1) is 16.0 Å². The Hall–Kier alpha value is -1.96. The monoisotopic (exact) mass is 241 g/mol. The number of rotatable bonds is 5. The standard InChI is InChI=1S/C9H15N5O3/c1-5(2)6(4-15)12-9-11-3-7(14(16)17)8(10)13-9/h3,5-6,15H,4H2,1-2H3,(H3,10,11,12,13)/t6-/m1/s1. The lowest BCUT2D eigenvalue weighted by atomic mass is 10.1. The number of nitrogen functional groups attached to an aromatic ring is 1. The van der Waals surface area contributed by atoms with Gasteiger partial charge in [-0.25, -0.2) is 4.98 Å². The molecule has 1 aromatic rings. The van der Waals surface area contributed by atoms with Crippen molar-refractivity contribution in [3.8, 4) is 0 Å². The van der Waals surface area contributed by atoms with Crippen molar-refractivity contribution in [1.82, 2.24) is 9.97 Å². The summed E-state index contributed by atoms with van der Waals surface area (Å²) >= 11 is 0. The molecule has 0 unspecified atom stereocenters. The molecule has 0 amide bonds. The average Bonchev–Trinajstić information content (AvgIpc) is 2.24. The van der Waals surface area contributed by atoms with E-state index in [1.54, 1.807) is 0 Å². The summed E-state index contributed by atoms with van der Waals surface area (Å²) in [4.78, 5) is 17.4. The largest absolute Gasteiger partial charge is 0.394 e. The lowest BCUT2D eigenvalue weighted by molar-refractivity contribution is -0.384. The Balaban J connectivity index is 2.87. The molecule has 0 aromatic carbocycles. The van der Waals surface area contributed by atoms with E-state index in [-0.39, 0.29) is 36.0 Å².